The van der Waals surface area contributed by atoms with Crippen LogP contribution in [0, 0.1) is 0 Å². The molecule has 1 heterocycles. The van der Waals surface area contributed by atoms with E-state index in [1.165, 1.54) is 6.92 Å². The van der Waals surface area contributed by atoms with Gasteiger partial charge >= 0.3 is 12.1 Å². The summed E-state index contributed by atoms with van der Waals surface area (Å²) < 4.78 is 37.1. The van der Waals surface area contributed by atoms with Crippen molar-refractivity contribution in [1.29, 1.82) is 0 Å². The zero-order valence-electron chi connectivity index (χ0n) is 12.9. The Labute approximate surface area is 139 Å². The van der Waals surface area contributed by atoms with Crippen molar-refractivity contribution in [3.8, 4) is 11.4 Å². The number of carbonyl (C=O) groups excluding carboxylic acids is 1. The minimum atomic E-state index is -4.73. The van der Waals surface area contributed by atoms with Crippen molar-refractivity contribution in [3.05, 3.63) is 30.3 Å². The number of amides is 1. The standard InChI is InChI=1S/C14H14F3N5O3/c1-8(12(23)18-10(13(24)25)7-14(15,16)17)22-20-11(19-21-22)9-5-3-2-4-6-9/h2-6,8,10H,7H2,1H3,(H,18,23)(H,24,25). The smallest absolute Gasteiger partial charge is 0.391 e. The Morgan fingerprint density at radius 3 is 2.48 bits per heavy atom. The number of tetrazole rings is 1. The highest BCUT2D eigenvalue weighted by atomic mass is 19.4. The SMILES string of the molecule is CC(C(=O)NC(CC(F)(F)F)C(=O)O)n1nnc(-c2ccccc2)n1. The molecule has 0 fully saturated rings. The molecular formula is C14H14F3N5O3. The molecule has 0 saturated carbocycles. The summed E-state index contributed by atoms with van der Waals surface area (Å²) in [6.45, 7) is 1.32. The largest absolute Gasteiger partial charge is 0.480 e. The van der Waals surface area contributed by atoms with E-state index in [1.54, 1.807) is 30.3 Å². The number of halogens is 3. The van der Waals surface area contributed by atoms with Gasteiger partial charge in [-0.2, -0.15) is 18.0 Å². The third-order valence-corrected chi connectivity index (χ3v) is 3.24. The highest BCUT2D eigenvalue weighted by molar-refractivity contribution is 5.85. The number of aromatic nitrogens is 4. The molecule has 2 N–H and O–H groups in total. The fraction of sp³-hybridized carbons (Fsp3) is 0.357. The summed E-state index contributed by atoms with van der Waals surface area (Å²) in [5.41, 5.74) is 0.641. The summed E-state index contributed by atoms with van der Waals surface area (Å²) in [6, 6.07) is 5.50. The fourth-order valence-electron chi connectivity index (χ4n) is 1.92. The van der Waals surface area contributed by atoms with Gasteiger partial charge in [0, 0.05) is 5.56 Å². The van der Waals surface area contributed by atoms with Crippen LogP contribution >= 0.6 is 0 Å². The van der Waals surface area contributed by atoms with Gasteiger partial charge in [-0.15, -0.1) is 10.2 Å². The molecule has 0 aliphatic carbocycles. The van der Waals surface area contributed by atoms with Crippen LogP contribution in [0.15, 0.2) is 30.3 Å². The minimum Gasteiger partial charge on any atom is -0.480 e. The summed E-state index contributed by atoms with van der Waals surface area (Å²) >= 11 is 0. The molecule has 0 saturated heterocycles. The van der Waals surface area contributed by atoms with E-state index < -0.39 is 36.6 Å². The number of hydrogen-bond donors (Lipinski definition) is 2. The molecule has 0 bridgehead atoms. The molecule has 1 aromatic carbocycles. The number of rotatable bonds is 6. The maximum Gasteiger partial charge on any atom is 0.391 e. The van der Waals surface area contributed by atoms with Gasteiger partial charge in [0.2, 0.25) is 11.7 Å². The Morgan fingerprint density at radius 1 is 1.28 bits per heavy atom. The number of carboxylic acids is 1. The second-order valence-electron chi connectivity index (χ2n) is 5.19. The van der Waals surface area contributed by atoms with Gasteiger partial charge in [0.1, 0.15) is 12.1 Å². The van der Waals surface area contributed by atoms with Crippen LogP contribution in [-0.4, -0.2) is 49.4 Å². The average molecular weight is 357 g/mol. The van der Waals surface area contributed by atoms with E-state index in [0.717, 1.165) is 4.80 Å². The van der Waals surface area contributed by atoms with Crippen molar-refractivity contribution in [2.24, 2.45) is 0 Å². The number of carbonyl (C=O) groups is 2. The zero-order chi connectivity index (χ0) is 18.6. The highest BCUT2D eigenvalue weighted by Crippen LogP contribution is 2.22. The van der Waals surface area contributed by atoms with Gasteiger partial charge in [0.15, 0.2) is 0 Å². The first-order valence-corrected chi connectivity index (χ1v) is 7.12. The Balaban J connectivity index is 2.09. The molecule has 0 aliphatic heterocycles. The van der Waals surface area contributed by atoms with Gasteiger partial charge in [-0.1, -0.05) is 30.3 Å². The Morgan fingerprint density at radius 2 is 1.92 bits per heavy atom. The molecule has 8 nitrogen and oxygen atoms in total. The fourth-order valence-corrected chi connectivity index (χ4v) is 1.92. The predicted octanol–water partition coefficient (Wildman–Crippen LogP) is 1.42. The summed E-state index contributed by atoms with van der Waals surface area (Å²) in [7, 11) is 0. The first-order valence-electron chi connectivity index (χ1n) is 7.12. The highest BCUT2D eigenvalue weighted by Gasteiger charge is 2.37. The molecule has 1 aromatic heterocycles. The van der Waals surface area contributed by atoms with Gasteiger partial charge in [-0.05, 0) is 12.1 Å². The van der Waals surface area contributed by atoms with E-state index in [4.69, 9.17) is 5.11 Å². The van der Waals surface area contributed by atoms with Crippen molar-refractivity contribution in [1.82, 2.24) is 25.5 Å². The lowest BCUT2D eigenvalue weighted by Gasteiger charge is -2.18. The number of aliphatic carboxylic acids is 1. The van der Waals surface area contributed by atoms with Crippen molar-refractivity contribution >= 4 is 11.9 Å². The van der Waals surface area contributed by atoms with Gasteiger partial charge in [0.25, 0.3) is 0 Å². The lowest BCUT2D eigenvalue weighted by Crippen LogP contribution is -2.46. The molecular weight excluding hydrogens is 343 g/mol. The lowest BCUT2D eigenvalue weighted by molar-refractivity contribution is -0.160. The average Bonchev–Trinajstić information content (AvgIpc) is 3.02. The van der Waals surface area contributed by atoms with Crippen LogP contribution in [0.3, 0.4) is 0 Å². The van der Waals surface area contributed by atoms with Crippen LogP contribution in [-0.2, 0) is 9.59 Å². The molecule has 134 valence electrons. The van der Waals surface area contributed by atoms with Crippen molar-refractivity contribution < 1.29 is 27.9 Å². The van der Waals surface area contributed by atoms with E-state index >= 15 is 0 Å². The Bertz CT molecular complexity index is 748. The summed E-state index contributed by atoms with van der Waals surface area (Å²) in [4.78, 5) is 23.8. The maximum atomic E-state index is 12.4. The zero-order valence-corrected chi connectivity index (χ0v) is 12.9. The second-order valence-corrected chi connectivity index (χ2v) is 5.19. The minimum absolute atomic E-state index is 0.227. The van der Waals surface area contributed by atoms with Crippen LogP contribution in [0.5, 0.6) is 0 Å². The topological polar surface area (TPSA) is 110 Å². The number of hydrogen-bond acceptors (Lipinski definition) is 5. The van der Waals surface area contributed by atoms with Crippen molar-refractivity contribution in [2.45, 2.75) is 31.6 Å². The van der Waals surface area contributed by atoms with Crippen LogP contribution in [0.2, 0.25) is 0 Å². The number of nitrogens with zero attached hydrogens (tertiary/aromatic N) is 4. The van der Waals surface area contributed by atoms with Gasteiger partial charge < -0.3 is 10.4 Å². The number of nitrogens with one attached hydrogen (secondary N) is 1. The molecule has 2 unspecified atom stereocenters. The van der Waals surface area contributed by atoms with Crippen LogP contribution in [0.4, 0.5) is 13.2 Å². The summed E-state index contributed by atoms with van der Waals surface area (Å²) in [5, 5.41) is 22.1. The molecule has 2 rings (SSSR count). The van der Waals surface area contributed by atoms with E-state index in [2.05, 4.69) is 15.4 Å². The Kier molecular flexibility index (Phi) is 5.35. The molecule has 25 heavy (non-hydrogen) atoms. The quantitative estimate of drug-likeness (QED) is 0.809. The number of alkyl halides is 3. The van der Waals surface area contributed by atoms with Crippen LogP contribution in [0.1, 0.15) is 19.4 Å². The molecule has 1 amide bonds. The first-order chi connectivity index (χ1) is 11.7. The second kappa shape index (κ2) is 7.28. The van der Waals surface area contributed by atoms with E-state index in [1.807, 2.05) is 5.32 Å². The predicted molar refractivity (Wildman–Crippen MR) is 78.2 cm³/mol. The van der Waals surface area contributed by atoms with Gasteiger partial charge in [0.05, 0.1) is 6.42 Å². The normalized spacial score (nSPS) is 13.9. The molecule has 0 aliphatic rings. The van der Waals surface area contributed by atoms with Crippen molar-refractivity contribution in [3.63, 3.8) is 0 Å². The van der Waals surface area contributed by atoms with E-state index in [0.29, 0.717) is 5.56 Å². The van der Waals surface area contributed by atoms with Crippen molar-refractivity contribution in [2.75, 3.05) is 0 Å². The van der Waals surface area contributed by atoms with Crippen LogP contribution in [0.25, 0.3) is 11.4 Å². The third-order valence-electron chi connectivity index (χ3n) is 3.24. The molecule has 0 radical (unpaired) electrons. The van der Waals surface area contributed by atoms with Crippen LogP contribution < -0.4 is 5.32 Å². The lowest BCUT2D eigenvalue weighted by atomic mass is 10.2. The summed E-state index contributed by atoms with van der Waals surface area (Å²) in [6.07, 6.45) is -6.41. The first kappa shape index (κ1) is 18.4. The van der Waals surface area contributed by atoms with Gasteiger partial charge in [-0.25, -0.2) is 4.79 Å². The third kappa shape index (κ3) is 4.99. The van der Waals surface area contributed by atoms with E-state index in [-0.39, 0.29) is 5.82 Å². The molecule has 2 atom stereocenters. The van der Waals surface area contributed by atoms with Gasteiger partial charge in [-0.3, -0.25) is 4.79 Å². The Hall–Kier alpha value is -2.98. The monoisotopic (exact) mass is 357 g/mol. The molecule has 2 aromatic rings. The number of carboxylic acid groups (broad SMARTS) is 1. The van der Waals surface area contributed by atoms with E-state index in [9.17, 15) is 22.8 Å². The molecule has 11 heteroatoms. The number of benzene rings is 1. The molecule has 0 spiro atoms. The summed E-state index contributed by atoms with van der Waals surface area (Å²) in [5.74, 6) is -2.52. The maximum absolute atomic E-state index is 12.4.